The van der Waals surface area contributed by atoms with Crippen LogP contribution in [0.5, 0.6) is 5.75 Å². The van der Waals surface area contributed by atoms with Gasteiger partial charge in [-0.25, -0.2) is 13.2 Å². The number of benzene rings is 2. The fraction of sp³-hybridized carbons (Fsp3) is 0.211. The zero-order valence-electron chi connectivity index (χ0n) is 14.8. The van der Waals surface area contributed by atoms with Crippen molar-refractivity contribution in [2.45, 2.75) is 11.3 Å². The van der Waals surface area contributed by atoms with Gasteiger partial charge in [-0.3, -0.25) is 0 Å². The first-order valence-electron chi connectivity index (χ1n) is 7.90. The number of methoxy groups -OCH3 is 1. The smallest absolute Gasteiger partial charge is 0.332 e. The van der Waals surface area contributed by atoms with Crippen LogP contribution < -0.4 is 4.74 Å². The molecule has 27 heavy (non-hydrogen) atoms. The molecule has 6 nitrogen and oxygen atoms in total. The van der Waals surface area contributed by atoms with Gasteiger partial charge >= 0.3 is 5.97 Å². The molecule has 0 aliphatic carbocycles. The van der Waals surface area contributed by atoms with Crippen LogP contribution in [0.4, 0.5) is 0 Å². The van der Waals surface area contributed by atoms with Gasteiger partial charge in [0.15, 0.2) is 9.84 Å². The Morgan fingerprint density at radius 1 is 1.11 bits per heavy atom. The van der Waals surface area contributed by atoms with Crippen molar-refractivity contribution in [2.24, 2.45) is 0 Å². The molecule has 144 valence electrons. The van der Waals surface area contributed by atoms with E-state index in [0.717, 1.165) is 6.26 Å². The molecule has 0 bridgehead atoms. The average Bonchev–Trinajstić information content (AvgIpc) is 2.61. The summed E-state index contributed by atoms with van der Waals surface area (Å²) in [5.74, 6) is -0.746. The lowest BCUT2D eigenvalue weighted by Crippen LogP contribution is -2.08. The Labute approximate surface area is 162 Å². The Bertz CT molecular complexity index is 978. The SMILES string of the molecule is COc1ccc(C(=C(CCO)C(=O)O)c2ccc(S(C)(=O)=O)cc2)cc1Cl. The molecular formula is C19H19ClO6S. The average molecular weight is 411 g/mol. The second-order valence-corrected chi connectivity index (χ2v) is 8.20. The summed E-state index contributed by atoms with van der Waals surface area (Å²) in [5.41, 5.74) is 1.35. The van der Waals surface area contributed by atoms with Crippen LogP contribution in [-0.2, 0) is 14.6 Å². The van der Waals surface area contributed by atoms with Crippen LogP contribution in [0, 0.1) is 0 Å². The van der Waals surface area contributed by atoms with Gasteiger partial charge in [0.25, 0.3) is 0 Å². The summed E-state index contributed by atoms with van der Waals surface area (Å²) in [7, 11) is -1.91. The number of aliphatic hydroxyl groups excluding tert-OH is 1. The lowest BCUT2D eigenvalue weighted by Gasteiger charge is -2.15. The third-order valence-electron chi connectivity index (χ3n) is 3.93. The van der Waals surface area contributed by atoms with Crippen molar-refractivity contribution in [1.29, 1.82) is 0 Å². The van der Waals surface area contributed by atoms with Crippen LogP contribution in [-0.4, -0.2) is 44.6 Å². The van der Waals surface area contributed by atoms with Crippen molar-refractivity contribution in [3.05, 3.63) is 64.2 Å². The van der Waals surface area contributed by atoms with E-state index in [0.29, 0.717) is 27.5 Å². The summed E-state index contributed by atoms with van der Waals surface area (Å²) in [6, 6.07) is 10.7. The number of halogens is 1. The summed E-state index contributed by atoms with van der Waals surface area (Å²) in [5, 5.41) is 19.2. The lowest BCUT2D eigenvalue weighted by molar-refractivity contribution is -0.132. The number of carboxylic acids is 1. The molecule has 0 heterocycles. The van der Waals surface area contributed by atoms with Gasteiger partial charge < -0.3 is 14.9 Å². The van der Waals surface area contributed by atoms with E-state index in [9.17, 15) is 23.4 Å². The highest BCUT2D eigenvalue weighted by Crippen LogP contribution is 2.34. The van der Waals surface area contributed by atoms with Gasteiger partial charge in [-0.1, -0.05) is 29.8 Å². The normalized spacial score (nSPS) is 12.4. The Hall–Kier alpha value is -2.35. The number of hydrogen-bond acceptors (Lipinski definition) is 5. The number of aliphatic hydroxyl groups is 1. The number of aliphatic carboxylic acids is 1. The van der Waals surface area contributed by atoms with Crippen molar-refractivity contribution >= 4 is 33.0 Å². The van der Waals surface area contributed by atoms with Crippen molar-refractivity contribution < 1.29 is 28.2 Å². The molecule has 0 radical (unpaired) electrons. The molecule has 2 rings (SSSR count). The fourth-order valence-electron chi connectivity index (χ4n) is 2.66. The van der Waals surface area contributed by atoms with E-state index in [1.807, 2.05) is 0 Å². The monoisotopic (exact) mass is 410 g/mol. The third-order valence-corrected chi connectivity index (χ3v) is 5.36. The Morgan fingerprint density at radius 3 is 2.15 bits per heavy atom. The van der Waals surface area contributed by atoms with Crippen LogP contribution in [0.25, 0.3) is 5.57 Å². The first-order valence-corrected chi connectivity index (χ1v) is 10.2. The van der Waals surface area contributed by atoms with E-state index in [1.54, 1.807) is 18.2 Å². The van der Waals surface area contributed by atoms with Gasteiger partial charge in [0.05, 0.1) is 17.0 Å². The van der Waals surface area contributed by atoms with E-state index < -0.39 is 15.8 Å². The predicted octanol–water partition coefficient (Wildman–Crippen LogP) is 3.02. The molecule has 0 fully saturated rings. The summed E-state index contributed by atoms with van der Waals surface area (Å²) in [6.07, 6.45) is 1.01. The summed E-state index contributed by atoms with van der Waals surface area (Å²) in [4.78, 5) is 11.9. The van der Waals surface area contributed by atoms with Gasteiger partial charge in [-0.15, -0.1) is 0 Å². The van der Waals surface area contributed by atoms with Crippen LogP contribution in [0.3, 0.4) is 0 Å². The topological polar surface area (TPSA) is 101 Å². The Morgan fingerprint density at radius 2 is 1.70 bits per heavy atom. The van der Waals surface area contributed by atoms with Crippen LogP contribution in [0.2, 0.25) is 5.02 Å². The molecule has 0 spiro atoms. The number of rotatable bonds is 7. The van der Waals surface area contributed by atoms with E-state index in [-0.39, 0.29) is 23.5 Å². The van der Waals surface area contributed by atoms with E-state index in [2.05, 4.69) is 0 Å². The molecule has 2 aromatic rings. The zero-order valence-corrected chi connectivity index (χ0v) is 16.3. The molecule has 0 saturated carbocycles. The second kappa shape index (κ2) is 8.56. The van der Waals surface area contributed by atoms with E-state index >= 15 is 0 Å². The molecule has 2 N–H and O–H groups in total. The summed E-state index contributed by atoms with van der Waals surface area (Å²) >= 11 is 6.18. The molecule has 0 atom stereocenters. The summed E-state index contributed by atoms with van der Waals surface area (Å²) in [6.45, 7) is -0.351. The van der Waals surface area contributed by atoms with E-state index in [1.165, 1.54) is 31.4 Å². The highest BCUT2D eigenvalue weighted by atomic mass is 35.5. The predicted molar refractivity (Wildman–Crippen MR) is 103 cm³/mol. The third kappa shape index (κ3) is 4.88. The highest BCUT2D eigenvalue weighted by Gasteiger charge is 2.19. The minimum atomic E-state index is -3.38. The van der Waals surface area contributed by atoms with Crippen molar-refractivity contribution in [3.63, 3.8) is 0 Å². The zero-order chi connectivity index (χ0) is 20.2. The Balaban J connectivity index is 2.72. The van der Waals surface area contributed by atoms with Gasteiger partial charge in [0.1, 0.15) is 5.75 Å². The molecule has 0 unspecified atom stereocenters. The fourth-order valence-corrected chi connectivity index (χ4v) is 3.54. The molecular weight excluding hydrogens is 392 g/mol. The Kier molecular flexibility index (Phi) is 6.64. The maximum absolute atomic E-state index is 11.8. The minimum Gasteiger partial charge on any atom is -0.495 e. The van der Waals surface area contributed by atoms with Crippen molar-refractivity contribution in [2.75, 3.05) is 20.0 Å². The molecule has 0 saturated heterocycles. The van der Waals surface area contributed by atoms with Crippen LogP contribution in [0.1, 0.15) is 17.5 Å². The van der Waals surface area contributed by atoms with Crippen LogP contribution in [0.15, 0.2) is 52.9 Å². The maximum atomic E-state index is 11.8. The quantitative estimate of drug-likeness (QED) is 0.680. The number of ether oxygens (including phenoxy) is 1. The van der Waals surface area contributed by atoms with Crippen molar-refractivity contribution in [3.8, 4) is 5.75 Å². The molecule has 0 aromatic heterocycles. The van der Waals surface area contributed by atoms with Gasteiger partial charge in [0.2, 0.25) is 0 Å². The minimum absolute atomic E-state index is 0.00848. The molecule has 8 heteroatoms. The largest absolute Gasteiger partial charge is 0.495 e. The maximum Gasteiger partial charge on any atom is 0.332 e. The highest BCUT2D eigenvalue weighted by molar-refractivity contribution is 7.90. The molecule has 0 aliphatic heterocycles. The lowest BCUT2D eigenvalue weighted by atomic mass is 9.91. The van der Waals surface area contributed by atoms with Crippen LogP contribution >= 0.6 is 11.6 Å². The number of carboxylic acid groups (broad SMARTS) is 1. The molecule has 0 aliphatic rings. The summed E-state index contributed by atoms with van der Waals surface area (Å²) < 4.78 is 28.5. The second-order valence-electron chi connectivity index (χ2n) is 5.78. The van der Waals surface area contributed by atoms with Gasteiger partial charge in [-0.2, -0.15) is 0 Å². The number of carbonyl (C=O) groups is 1. The standard InChI is InChI=1S/C19H19ClO6S/c1-26-17-8-5-13(11-16(17)20)18(15(9-10-21)19(22)23)12-3-6-14(7-4-12)27(2,24)25/h3-8,11,21H,9-10H2,1-2H3,(H,22,23). The van der Waals surface area contributed by atoms with E-state index in [4.69, 9.17) is 16.3 Å². The first kappa shape index (κ1) is 21.0. The molecule has 0 amide bonds. The first-order chi connectivity index (χ1) is 12.7. The number of sulfone groups is 1. The van der Waals surface area contributed by atoms with Gasteiger partial charge in [-0.05, 0) is 41.0 Å². The number of hydrogen-bond donors (Lipinski definition) is 2. The van der Waals surface area contributed by atoms with Gasteiger partial charge in [0, 0.05) is 24.9 Å². The van der Waals surface area contributed by atoms with Crippen molar-refractivity contribution in [1.82, 2.24) is 0 Å². The molecule has 2 aromatic carbocycles.